The normalized spacial score (nSPS) is 9.81. The molecule has 0 amide bonds. The molecule has 0 saturated heterocycles. The summed E-state index contributed by atoms with van der Waals surface area (Å²) in [6.45, 7) is 2.12. The smallest absolute Gasteiger partial charge is 0.300 e. The zero-order valence-corrected chi connectivity index (χ0v) is 9.36. The van der Waals surface area contributed by atoms with Crippen LogP contribution >= 0.6 is 0 Å². The predicted molar refractivity (Wildman–Crippen MR) is 55.0 cm³/mol. The Morgan fingerprint density at radius 1 is 1.25 bits per heavy atom. The average Bonchev–Trinajstić information content (AvgIpc) is 2.21. The SMILES string of the molecule is CC(=O)CC(=O)CCCCCNOOC=O. The lowest BCUT2D eigenvalue weighted by Gasteiger charge is -2.01. The van der Waals surface area contributed by atoms with Gasteiger partial charge in [-0.1, -0.05) is 11.4 Å². The highest BCUT2D eigenvalue weighted by atomic mass is 17.3. The van der Waals surface area contributed by atoms with E-state index in [0.717, 1.165) is 19.3 Å². The van der Waals surface area contributed by atoms with Crippen molar-refractivity contribution in [2.45, 2.75) is 39.0 Å². The lowest BCUT2D eigenvalue weighted by molar-refractivity contribution is -0.297. The molecular weight excluding hydrogens is 214 g/mol. The Morgan fingerprint density at radius 3 is 2.62 bits per heavy atom. The Balaban J connectivity index is 3.17. The molecule has 0 aromatic heterocycles. The largest absolute Gasteiger partial charge is 0.332 e. The number of rotatable bonds is 11. The summed E-state index contributed by atoms with van der Waals surface area (Å²) >= 11 is 0. The number of unbranched alkanes of at least 4 members (excludes halogenated alkanes) is 2. The molecule has 0 unspecified atom stereocenters. The van der Waals surface area contributed by atoms with Gasteiger partial charge in [-0.2, -0.15) is 5.48 Å². The van der Waals surface area contributed by atoms with Crippen LogP contribution in [0, 0.1) is 0 Å². The van der Waals surface area contributed by atoms with Crippen LogP contribution in [-0.4, -0.2) is 24.6 Å². The molecule has 0 atom stereocenters. The third-order valence-electron chi connectivity index (χ3n) is 1.83. The molecule has 0 spiro atoms. The van der Waals surface area contributed by atoms with Crippen molar-refractivity contribution in [1.82, 2.24) is 5.48 Å². The highest BCUT2D eigenvalue weighted by Crippen LogP contribution is 2.02. The average molecular weight is 231 g/mol. The van der Waals surface area contributed by atoms with Gasteiger partial charge in [-0.25, -0.2) is 0 Å². The molecule has 92 valence electrons. The standard InChI is InChI=1S/C10H17NO5/c1-9(13)7-10(14)5-3-2-4-6-11-16-15-8-12/h8,11H,2-7H2,1H3. The number of carbonyl (C=O) groups is 3. The van der Waals surface area contributed by atoms with E-state index in [1.165, 1.54) is 6.92 Å². The van der Waals surface area contributed by atoms with Crippen LogP contribution in [0.2, 0.25) is 0 Å². The Morgan fingerprint density at radius 2 is 2.00 bits per heavy atom. The molecule has 0 aliphatic heterocycles. The van der Waals surface area contributed by atoms with E-state index in [9.17, 15) is 14.4 Å². The van der Waals surface area contributed by atoms with E-state index in [4.69, 9.17) is 0 Å². The van der Waals surface area contributed by atoms with Crippen LogP contribution in [0.1, 0.15) is 39.0 Å². The molecular formula is C10H17NO5. The van der Waals surface area contributed by atoms with Crippen molar-refractivity contribution in [2.75, 3.05) is 6.54 Å². The number of hydrogen-bond acceptors (Lipinski definition) is 6. The third-order valence-corrected chi connectivity index (χ3v) is 1.83. The van der Waals surface area contributed by atoms with Crippen LogP contribution in [0.4, 0.5) is 0 Å². The number of hydrogen-bond donors (Lipinski definition) is 1. The van der Waals surface area contributed by atoms with Crippen molar-refractivity contribution < 1.29 is 24.3 Å². The van der Waals surface area contributed by atoms with Gasteiger partial charge in [0, 0.05) is 13.0 Å². The second-order valence-electron chi connectivity index (χ2n) is 3.40. The molecule has 1 N–H and O–H groups in total. The Labute approximate surface area is 94.2 Å². The second kappa shape index (κ2) is 10.3. The van der Waals surface area contributed by atoms with Gasteiger partial charge in [-0.3, -0.25) is 19.3 Å². The first-order valence-corrected chi connectivity index (χ1v) is 5.16. The third kappa shape index (κ3) is 10.8. The van der Waals surface area contributed by atoms with E-state index < -0.39 is 0 Å². The maximum atomic E-state index is 11.1. The van der Waals surface area contributed by atoms with Gasteiger partial charge >= 0.3 is 6.47 Å². The minimum atomic E-state index is -0.0916. The molecule has 0 aromatic carbocycles. The molecule has 0 bridgehead atoms. The van der Waals surface area contributed by atoms with Gasteiger partial charge in [-0.05, 0) is 19.8 Å². The Bertz CT molecular complexity index is 229. The van der Waals surface area contributed by atoms with E-state index in [1.54, 1.807) is 0 Å². The molecule has 0 fully saturated rings. The first kappa shape index (κ1) is 14.7. The zero-order valence-electron chi connectivity index (χ0n) is 9.36. The van der Waals surface area contributed by atoms with Crippen molar-refractivity contribution in [3.63, 3.8) is 0 Å². The van der Waals surface area contributed by atoms with Crippen molar-refractivity contribution in [2.24, 2.45) is 0 Å². The highest BCUT2D eigenvalue weighted by Gasteiger charge is 2.04. The monoisotopic (exact) mass is 231 g/mol. The fourth-order valence-corrected chi connectivity index (χ4v) is 1.16. The van der Waals surface area contributed by atoms with Gasteiger partial charge < -0.3 is 0 Å². The Hall–Kier alpha value is -1.27. The summed E-state index contributed by atoms with van der Waals surface area (Å²) in [5, 5.41) is 0. The van der Waals surface area contributed by atoms with Crippen molar-refractivity contribution in [1.29, 1.82) is 0 Å². The fraction of sp³-hybridized carbons (Fsp3) is 0.700. The van der Waals surface area contributed by atoms with Gasteiger partial charge in [0.15, 0.2) is 0 Å². The van der Waals surface area contributed by atoms with Gasteiger partial charge in [0.1, 0.15) is 11.6 Å². The summed E-state index contributed by atoms with van der Waals surface area (Å²) in [5.41, 5.74) is 2.41. The maximum Gasteiger partial charge on any atom is 0.332 e. The summed E-state index contributed by atoms with van der Waals surface area (Å²) in [7, 11) is 0. The molecule has 6 heteroatoms. The van der Waals surface area contributed by atoms with Gasteiger partial charge in [-0.15, -0.1) is 0 Å². The molecule has 0 aliphatic carbocycles. The van der Waals surface area contributed by atoms with E-state index in [-0.39, 0.29) is 24.5 Å². The van der Waals surface area contributed by atoms with E-state index in [1.807, 2.05) is 0 Å². The van der Waals surface area contributed by atoms with Crippen LogP contribution in [0.5, 0.6) is 0 Å². The van der Waals surface area contributed by atoms with E-state index in [2.05, 4.69) is 15.4 Å². The summed E-state index contributed by atoms with van der Waals surface area (Å²) in [4.78, 5) is 39.5. The van der Waals surface area contributed by atoms with Crippen LogP contribution in [0.15, 0.2) is 0 Å². The van der Waals surface area contributed by atoms with Crippen molar-refractivity contribution in [3.05, 3.63) is 0 Å². The molecule has 0 aromatic rings. The van der Waals surface area contributed by atoms with Gasteiger partial charge in [0.25, 0.3) is 0 Å². The highest BCUT2D eigenvalue weighted by molar-refractivity contribution is 5.97. The minimum absolute atomic E-state index is 0.0130. The molecule has 6 nitrogen and oxygen atoms in total. The topological polar surface area (TPSA) is 81.7 Å². The molecule has 0 radical (unpaired) electrons. The summed E-state index contributed by atoms with van der Waals surface area (Å²) in [6.07, 6.45) is 2.87. The van der Waals surface area contributed by atoms with Crippen LogP contribution < -0.4 is 5.48 Å². The lowest BCUT2D eigenvalue weighted by atomic mass is 10.1. The summed E-state index contributed by atoms with van der Waals surface area (Å²) in [5.74, 6) is -0.105. The maximum absolute atomic E-state index is 11.1. The van der Waals surface area contributed by atoms with Gasteiger partial charge in [0.2, 0.25) is 0 Å². The fourth-order valence-electron chi connectivity index (χ4n) is 1.16. The second-order valence-corrected chi connectivity index (χ2v) is 3.40. The molecule has 0 rings (SSSR count). The molecule has 0 aliphatic rings. The van der Waals surface area contributed by atoms with Crippen LogP contribution in [0.25, 0.3) is 0 Å². The number of ketones is 2. The number of nitrogens with one attached hydrogen (secondary N) is 1. The molecule has 0 heterocycles. The first-order chi connectivity index (χ1) is 7.66. The van der Waals surface area contributed by atoms with Crippen molar-refractivity contribution >= 4 is 18.0 Å². The number of Topliss-reactive ketones (excluding diaryl/α,β-unsaturated/α-hetero) is 2. The van der Waals surface area contributed by atoms with Crippen LogP contribution in [-0.2, 0) is 24.3 Å². The summed E-state index contributed by atoms with van der Waals surface area (Å²) in [6, 6.07) is 0. The first-order valence-electron chi connectivity index (χ1n) is 5.16. The summed E-state index contributed by atoms with van der Waals surface area (Å²) < 4.78 is 0. The molecule has 0 saturated carbocycles. The minimum Gasteiger partial charge on any atom is -0.300 e. The quantitative estimate of drug-likeness (QED) is 0.185. The van der Waals surface area contributed by atoms with Crippen molar-refractivity contribution in [3.8, 4) is 0 Å². The molecule has 16 heavy (non-hydrogen) atoms. The van der Waals surface area contributed by atoms with E-state index >= 15 is 0 Å². The van der Waals surface area contributed by atoms with E-state index in [0.29, 0.717) is 13.0 Å². The Kier molecular flexibility index (Phi) is 9.44. The lowest BCUT2D eigenvalue weighted by Crippen LogP contribution is -2.15. The number of carbonyl (C=O) groups excluding carboxylic acids is 3. The number of hydroxylamine groups is 1. The zero-order chi connectivity index (χ0) is 12.2. The van der Waals surface area contributed by atoms with Gasteiger partial charge in [0.05, 0.1) is 6.42 Å². The van der Waals surface area contributed by atoms with Crippen LogP contribution in [0.3, 0.4) is 0 Å². The predicted octanol–water partition coefficient (Wildman–Crippen LogP) is 0.704.